The lowest BCUT2D eigenvalue weighted by atomic mass is 10.2. The quantitative estimate of drug-likeness (QED) is 0.782. The summed E-state index contributed by atoms with van der Waals surface area (Å²) in [7, 11) is 2.13. The highest BCUT2D eigenvalue weighted by Gasteiger charge is 2.24. The fourth-order valence-corrected chi connectivity index (χ4v) is 3.38. The summed E-state index contributed by atoms with van der Waals surface area (Å²) in [6, 6.07) is 7.98. The van der Waals surface area contributed by atoms with Crippen molar-refractivity contribution in [1.82, 2.24) is 9.21 Å². The molecule has 1 heterocycles. The third-order valence-corrected chi connectivity index (χ3v) is 5.54. The summed E-state index contributed by atoms with van der Waals surface area (Å²) in [5, 5.41) is 0. The SMILES string of the molecule is COc1ccc(C(=O)N(C)Cc2ccc(C)o2)cc1S(=O)(=O)N(C)C. The van der Waals surface area contributed by atoms with Crippen LogP contribution in [0.3, 0.4) is 0 Å². The fourth-order valence-electron chi connectivity index (χ4n) is 2.30. The molecule has 0 aliphatic heterocycles. The van der Waals surface area contributed by atoms with Crippen LogP contribution in [0.1, 0.15) is 21.9 Å². The third-order valence-electron chi connectivity index (χ3n) is 3.70. The summed E-state index contributed by atoms with van der Waals surface area (Å²) in [6.45, 7) is 2.11. The Balaban J connectivity index is 2.34. The van der Waals surface area contributed by atoms with Crippen molar-refractivity contribution in [2.24, 2.45) is 0 Å². The number of carbonyl (C=O) groups is 1. The second-order valence-electron chi connectivity index (χ2n) is 5.83. The highest BCUT2D eigenvalue weighted by atomic mass is 32.2. The van der Waals surface area contributed by atoms with Gasteiger partial charge in [-0.2, -0.15) is 0 Å². The minimum absolute atomic E-state index is 0.0481. The number of sulfonamides is 1. The van der Waals surface area contributed by atoms with Crippen LogP contribution in [0.5, 0.6) is 5.75 Å². The first-order chi connectivity index (χ1) is 11.7. The van der Waals surface area contributed by atoms with E-state index in [2.05, 4.69) is 0 Å². The summed E-state index contributed by atoms with van der Waals surface area (Å²) >= 11 is 0. The van der Waals surface area contributed by atoms with E-state index in [4.69, 9.17) is 9.15 Å². The van der Waals surface area contributed by atoms with Crippen LogP contribution in [0.2, 0.25) is 0 Å². The Morgan fingerprint density at radius 2 is 1.84 bits per heavy atom. The van der Waals surface area contributed by atoms with E-state index in [0.29, 0.717) is 5.76 Å². The molecule has 0 bridgehead atoms. The lowest BCUT2D eigenvalue weighted by Crippen LogP contribution is -2.27. The summed E-state index contributed by atoms with van der Waals surface area (Å²) < 4.78 is 36.6. The number of ether oxygens (including phenoxy) is 1. The van der Waals surface area contributed by atoms with Crippen LogP contribution >= 0.6 is 0 Å². The molecule has 136 valence electrons. The molecule has 2 rings (SSSR count). The molecular formula is C17H22N2O5S. The van der Waals surface area contributed by atoms with Crippen LogP contribution in [-0.4, -0.2) is 51.8 Å². The van der Waals surface area contributed by atoms with Gasteiger partial charge in [-0.15, -0.1) is 0 Å². The number of methoxy groups -OCH3 is 1. The van der Waals surface area contributed by atoms with Crippen molar-refractivity contribution < 1.29 is 22.4 Å². The average Bonchev–Trinajstić information content (AvgIpc) is 2.98. The Labute approximate surface area is 147 Å². The van der Waals surface area contributed by atoms with Crippen molar-refractivity contribution in [1.29, 1.82) is 0 Å². The van der Waals surface area contributed by atoms with E-state index in [1.54, 1.807) is 19.2 Å². The lowest BCUT2D eigenvalue weighted by molar-refractivity contribution is 0.0774. The zero-order chi connectivity index (χ0) is 18.8. The molecule has 2 aromatic rings. The van der Waals surface area contributed by atoms with Gasteiger partial charge in [0.15, 0.2) is 0 Å². The van der Waals surface area contributed by atoms with Gasteiger partial charge in [-0.3, -0.25) is 4.79 Å². The molecule has 0 fully saturated rings. The first-order valence-corrected chi connectivity index (χ1v) is 9.02. The maximum Gasteiger partial charge on any atom is 0.254 e. The van der Waals surface area contributed by atoms with Gasteiger partial charge in [0.25, 0.3) is 5.91 Å². The summed E-state index contributed by atoms with van der Waals surface area (Å²) in [5.41, 5.74) is 0.256. The van der Waals surface area contributed by atoms with Crippen LogP contribution in [0.4, 0.5) is 0 Å². The molecule has 1 amide bonds. The minimum Gasteiger partial charge on any atom is -0.495 e. The van der Waals surface area contributed by atoms with Gasteiger partial charge in [0, 0.05) is 26.7 Å². The van der Waals surface area contributed by atoms with Crippen LogP contribution in [0, 0.1) is 6.92 Å². The van der Waals surface area contributed by atoms with Crippen molar-refractivity contribution in [2.45, 2.75) is 18.4 Å². The van der Waals surface area contributed by atoms with Gasteiger partial charge in [0.1, 0.15) is 22.2 Å². The third kappa shape index (κ3) is 4.02. The smallest absolute Gasteiger partial charge is 0.254 e. The molecular weight excluding hydrogens is 344 g/mol. The number of rotatable bonds is 6. The Morgan fingerprint density at radius 3 is 2.36 bits per heavy atom. The number of benzene rings is 1. The number of hydrogen-bond acceptors (Lipinski definition) is 5. The second kappa shape index (κ2) is 7.28. The first kappa shape index (κ1) is 19.0. The molecule has 0 saturated heterocycles. The molecule has 0 unspecified atom stereocenters. The van der Waals surface area contributed by atoms with Crippen molar-refractivity contribution >= 4 is 15.9 Å². The largest absolute Gasteiger partial charge is 0.495 e. The molecule has 0 aliphatic carbocycles. The van der Waals surface area contributed by atoms with Crippen molar-refractivity contribution in [2.75, 3.05) is 28.3 Å². The van der Waals surface area contributed by atoms with Crippen LogP contribution in [0.25, 0.3) is 0 Å². The maximum atomic E-state index is 12.6. The van der Waals surface area contributed by atoms with E-state index in [9.17, 15) is 13.2 Å². The number of nitrogens with zero attached hydrogens (tertiary/aromatic N) is 2. The molecule has 0 spiro atoms. The molecule has 1 aromatic heterocycles. The second-order valence-corrected chi connectivity index (χ2v) is 7.95. The molecule has 0 saturated carbocycles. The Hall–Kier alpha value is -2.32. The highest BCUT2D eigenvalue weighted by molar-refractivity contribution is 7.89. The highest BCUT2D eigenvalue weighted by Crippen LogP contribution is 2.27. The molecule has 7 nitrogen and oxygen atoms in total. The van der Waals surface area contributed by atoms with Gasteiger partial charge in [0.2, 0.25) is 10.0 Å². The van der Waals surface area contributed by atoms with E-state index < -0.39 is 10.0 Å². The Kier molecular flexibility index (Phi) is 5.54. The molecule has 1 aromatic carbocycles. The molecule has 0 atom stereocenters. The van der Waals surface area contributed by atoms with Crippen LogP contribution < -0.4 is 4.74 Å². The number of carbonyl (C=O) groups excluding carboxylic acids is 1. The van der Waals surface area contributed by atoms with Crippen molar-refractivity contribution in [3.8, 4) is 5.75 Å². The molecule has 0 radical (unpaired) electrons. The summed E-state index contributed by atoms with van der Waals surface area (Å²) in [4.78, 5) is 14.1. The van der Waals surface area contributed by atoms with Gasteiger partial charge >= 0.3 is 0 Å². The van der Waals surface area contributed by atoms with E-state index >= 15 is 0 Å². The summed E-state index contributed by atoms with van der Waals surface area (Å²) in [6.07, 6.45) is 0. The van der Waals surface area contributed by atoms with E-state index in [1.807, 2.05) is 13.0 Å². The van der Waals surface area contributed by atoms with Gasteiger partial charge in [-0.05, 0) is 37.3 Å². The topological polar surface area (TPSA) is 80.1 Å². The van der Waals surface area contributed by atoms with E-state index in [1.165, 1.54) is 38.2 Å². The molecule has 0 aliphatic rings. The minimum atomic E-state index is -3.74. The van der Waals surface area contributed by atoms with Crippen LogP contribution in [0.15, 0.2) is 39.6 Å². The van der Waals surface area contributed by atoms with E-state index in [0.717, 1.165) is 10.1 Å². The lowest BCUT2D eigenvalue weighted by Gasteiger charge is -2.18. The zero-order valence-electron chi connectivity index (χ0n) is 14.9. The van der Waals surface area contributed by atoms with Gasteiger partial charge in [-0.1, -0.05) is 0 Å². The molecule has 8 heteroatoms. The predicted molar refractivity (Wildman–Crippen MR) is 93.1 cm³/mol. The fraction of sp³-hybridized carbons (Fsp3) is 0.353. The number of furan rings is 1. The van der Waals surface area contributed by atoms with E-state index in [-0.39, 0.29) is 28.7 Å². The first-order valence-electron chi connectivity index (χ1n) is 7.58. The van der Waals surface area contributed by atoms with Gasteiger partial charge < -0.3 is 14.1 Å². The summed E-state index contributed by atoms with van der Waals surface area (Å²) in [5.74, 6) is 1.30. The average molecular weight is 366 g/mol. The molecule has 0 N–H and O–H groups in total. The number of aryl methyl sites for hydroxylation is 1. The normalized spacial score (nSPS) is 11.6. The van der Waals surface area contributed by atoms with Crippen molar-refractivity contribution in [3.05, 3.63) is 47.4 Å². The maximum absolute atomic E-state index is 12.6. The standard InChI is InChI=1S/C17H22N2O5S/c1-12-6-8-14(24-12)11-19(4)17(20)13-7-9-15(23-5)16(10-13)25(21,22)18(2)3/h6-10H,11H2,1-5H3. The van der Waals surface area contributed by atoms with Gasteiger partial charge in [-0.25, -0.2) is 12.7 Å². The zero-order valence-corrected chi connectivity index (χ0v) is 15.8. The number of hydrogen-bond donors (Lipinski definition) is 0. The number of amides is 1. The Bertz CT molecular complexity index is 871. The van der Waals surface area contributed by atoms with Gasteiger partial charge in [0.05, 0.1) is 13.7 Å². The molecule has 25 heavy (non-hydrogen) atoms. The van der Waals surface area contributed by atoms with Crippen molar-refractivity contribution in [3.63, 3.8) is 0 Å². The monoisotopic (exact) mass is 366 g/mol. The Morgan fingerprint density at radius 1 is 1.16 bits per heavy atom. The predicted octanol–water partition coefficient (Wildman–Crippen LogP) is 2.12. The van der Waals surface area contributed by atoms with Crippen LogP contribution in [-0.2, 0) is 16.6 Å².